The van der Waals surface area contributed by atoms with Crippen molar-refractivity contribution in [1.82, 2.24) is 5.32 Å². The predicted molar refractivity (Wildman–Crippen MR) is 78.8 cm³/mol. The molecular weight excluding hydrogens is 329 g/mol. The Hall–Kier alpha value is -0.390. The smallest absolute Gasteiger partial charge is 0.0305 e. The largest absolute Gasteiger partial charge is 0.308 e. The van der Waals surface area contributed by atoms with Crippen LogP contribution in [-0.4, -0.2) is 0 Å². The molecule has 0 amide bonds. The van der Waals surface area contributed by atoms with Crippen LogP contribution in [0.25, 0.3) is 0 Å². The summed E-state index contributed by atoms with van der Waals surface area (Å²) in [5.74, 6) is 0. The van der Waals surface area contributed by atoms with E-state index in [2.05, 4.69) is 70.5 Å². The summed E-state index contributed by atoms with van der Waals surface area (Å²) in [6.45, 7) is 4.07. The van der Waals surface area contributed by atoms with Crippen LogP contribution in [0.5, 0.6) is 0 Å². The molecule has 0 saturated carbocycles. The lowest BCUT2D eigenvalue weighted by Gasteiger charge is -2.04. The number of hydrogen-bond acceptors (Lipinski definition) is 2. The first-order chi connectivity index (χ1) is 7.75. The first-order valence-electron chi connectivity index (χ1n) is 5.24. The molecule has 3 heteroatoms. The van der Waals surface area contributed by atoms with E-state index in [0.29, 0.717) is 0 Å². The van der Waals surface area contributed by atoms with Crippen molar-refractivity contribution in [2.45, 2.75) is 20.0 Å². The Kier molecular flexibility index (Phi) is 4.37. The maximum Gasteiger partial charge on any atom is 0.0305 e. The molecule has 0 aliphatic heterocycles. The van der Waals surface area contributed by atoms with Gasteiger partial charge in [0.1, 0.15) is 0 Å². The molecule has 16 heavy (non-hydrogen) atoms. The number of rotatable bonds is 4. The molecule has 1 heterocycles. The molecule has 0 saturated heterocycles. The van der Waals surface area contributed by atoms with E-state index in [1.165, 1.54) is 19.6 Å². The molecule has 1 aromatic carbocycles. The van der Waals surface area contributed by atoms with Crippen LogP contribution in [-0.2, 0) is 13.1 Å². The van der Waals surface area contributed by atoms with Crippen molar-refractivity contribution in [2.75, 3.05) is 0 Å². The lowest BCUT2D eigenvalue weighted by atomic mass is 10.2. The van der Waals surface area contributed by atoms with E-state index in [-0.39, 0.29) is 0 Å². The summed E-state index contributed by atoms with van der Waals surface area (Å²) in [6.07, 6.45) is 0. The van der Waals surface area contributed by atoms with Crippen LogP contribution in [0.15, 0.2) is 35.7 Å². The van der Waals surface area contributed by atoms with Gasteiger partial charge in [0.25, 0.3) is 0 Å². The minimum absolute atomic E-state index is 0.939. The highest BCUT2D eigenvalue weighted by atomic mass is 127. The molecule has 0 aliphatic rings. The number of halogens is 1. The highest BCUT2D eigenvalue weighted by Gasteiger charge is 1.99. The number of nitrogens with one attached hydrogen (secondary N) is 1. The molecule has 2 rings (SSSR count). The van der Waals surface area contributed by atoms with Crippen molar-refractivity contribution in [1.29, 1.82) is 0 Å². The molecule has 1 nitrogen and oxygen atoms in total. The fraction of sp³-hybridized carbons (Fsp3) is 0.231. The molecule has 0 radical (unpaired) electrons. The maximum atomic E-state index is 3.47. The Morgan fingerprint density at radius 2 is 1.88 bits per heavy atom. The fourth-order valence-corrected chi connectivity index (χ4v) is 2.74. The number of aryl methyl sites for hydroxylation is 1. The lowest BCUT2D eigenvalue weighted by Crippen LogP contribution is -2.12. The highest BCUT2D eigenvalue weighted by Crippen LogP contribution is 2.15. The quantitative estimate of drug-likeness (QED) is 0.829. The molecule has 0 unspecified atom stereocenters. The monoisotopic (exact) mass is 343 g/mol. The third-order valence-corrected chi connectivity index (χ3v) is 4.24. The number of hydrogen-bond donors (Lipinski definition) is 1. The standard InChI is InChI=1S/C13H14INS/c1-10-6-7-16-13(10)9-15-8-11-2-4-12(14)5-3-11/h2-7,15H,8-9H2,1H3. The average molecular weight is 343 g/mol. The zero-order chi connectivity index (χ0) is 11.4. The number of thiophene rings is 1. The van der Waals surface area contributed by atoms with Gasteiger partial charge >= 0.3 is 0 Å². The van der Waals surface area contributed by atoms with E-state index in [9.17, 15) is 0 Å². The van der Waals surface area contributed by atoms with Crippen LogP contribution in [0, 0.1) is 10.5 Å². The summed E-state index contributed by atoms with van der Waals surface area (Å²) in [5.41, 5.74) is 2.73. The van der Waals surface area contributed by atoms with Gasteiger partial charge in [0, 0.05) is 21.5 Å². The van der Waals surface area contributed by atoms with Gasteiger partial charge < -0.3 is 5.32 Å². The van der Waals surface area contributed by atoms with Crippen LogP contribution in [0.4, 0.5) is 0 Å². The Labute approximate surface area is 114 Å². The van der Waals surface area contributed by atoms with Gasteiger partial charge in [-0.1, -0.05) is 12.1 Å². The van der Waals surface area contributed by atoms with Crippen LogP contribution >= 0.6 is 33.9 Å². The second-order valence-corrected chi connectivity index (χ2v) is 6.00. The first kappa shape index (κ1) is 12.1. The molecule has 0 bridgehead atoms. The summed E-state index contributed by atoms with van der Waals surface area (Å²) < 4.78 is 1.29. The normalized spacial score (nSPS) is 10.6. The SMILES string of the molecule is Cc1ccsc1CNCc1ccc(I)cc1. The first-order valence-corrected chi connectivity index (χ1v) is 7.19. The van der Waals surface area contributed by atoms with E-state index in [0.717, 1.165) is 13.1 Å². The minimum Gasteiger partial charge on any atom is -0.308 e. The molecule has 0 spiro atoms. The molecule has 84 valence electrons. The Morgan fingerprint density at radius 3 is 2.50 bits per heavy atom. The van der Waals surface area contributed by atoms with Crippen molar-refractivity contribution in [3.63, 3.8) is 0 Å². The van der Waals surface area contributed by atoms with Crippen molar-refractivity contribution in [3.8, 4) is 0 Å². The molecule has 0 atom stereocenters. The lowest BCUT2D eigenvalue weighted by molar-refractivity contribution is 0.698. The van der Waals surface area contributed by atoms with E-state index < -0.39 is 0 Å². The third-order valence-electron chi connectivity index (χ3n) is 2.50. The van der Waals surface area contributed by atoms with Crippen LogP contribution < -0.4 is 5.32 Å². The van der Waals surface area contributed by atoms with Gasteiger partial charge in [0.05, 0.1) is 0 Å². The molecular formula is C13H14INS. The fourth-order valence-electron chi connectivity index (χ4n) is 1.51. The summed E-state index contributed by atoms with van der Waals surface area (Å²) in [6, 6.07) is 10.8. The van der Waals surface area contributed by atoms with Gasteiger partial charge in [-0.2, -0.15) is 0 Å². The highest BCUT2D eigenvalue weighted by molar-refractivity contribution is 14.1. The summed E-state index contributed by atoms with van der Waals surface area (Å²) in [7, 11) is 0. The Balaban J connectivity index is 1.84. The van der Waals surface area contributed by atoms with Crippen molar-refractivity contribution in [3.05, 3.63) is 55.3 Å². The van der Waals surface area contributed by atoms with E-state index in [4.69, 9.17) is 0 Å². The van der Waals surface area contributed by atoms with E-state index in [1.54, 1.807) is 0 Å². The second kappa shape index (κ2) is 5.80. The number of benzene rings is 1. The summed E-state index contributed by atoms with van der Waals surface area (Å²) in [5, 5.41) is 5.62. The van der Waals surface area contributed by atoms with Gasteiger partial charge in [-0.15, -0.1) is 11.3 Å². The summed E-state index contributed by atoms with van der Waals surface area (Å²) in [4.78, 5) is 1.44. The van der Waals surface area contributed by atoms with Crippen molar-refractivity contribution < 1.29 is 0 Å². The van der Waals surface area contributed by atoms with Gasteiger partial charge in [-0.25, -0.2) is 0 Å². The Bertz CT molecular complexity index is 447. The van der Waals surface area contributed by atoms with Crippen LogP contribution in [0.3, 0.4) is 0 Å². The molecule has 0 fully saturated rings. The predicted octanol–water partition coefficient (Wildman–Crippen LogP) is 3.95. The van der Waals surface area contributed by atoms with Gasteiger partial charge in [0.2, 0.25) is 0 Å². The second-order valence-electron chi connectivity index (χ2n) is 3.76. The molecule has 2 aromatic rings. The zero-order valence-electron chi connectivity index (χ0n) is 9.16. The van der Waals surface area contributed by atoms with E-state index >= 15 is 0 Å². The summed E-state index contributed by atoms with van der Waals surface area (Å²) >= 11 is 4.15. The molecule has 0 aliphatic carbocycles. The Morgan fingerprint density at radius 1 is 1.12 bits per heavy atom. The average Bonchev–Trinajstić information content (AvgIpc) is 2.68. The van der Waals surface area contributed by atoms with Crippen molar-refractivity contribution in [2.24, 2.45) is 0 Å². The molecule has 1 aromatic heterocycles. The third kappa shape index (κ3) is 3.30. The van der Waals surface area contributed by atoms with Gasteiger partial charge in [0.15, 0.2) is 0 Å². The van der Waals surface area contributed by atoms with Crippen LogP contribution in [0.1, 0.15) is 16.0 Å². The van der Waals surface area contributed by atoms with Crippen LogP contribution in [0.2, 0.25) is 0 Å². The molecule has 1 N–H and O–H groups in total. The van der Waals surface area contributed by atoms with Crippen molar-refractivity contribution >= 4 is 33.9 Å². The minimum atomic E-state index is 0.939. The van der Waals surface area contributed by atoms with E-state index in [1.807, 2.05) is 11.3 Å². The van der Waals surface area contributed by atoms with Gasteiger partial charge in [-0.05, 0) is 64.2 Å². The topological polar surface area (TPSA) is 12.0 Å². The van der Waals surface area contributed by atoms with Gasteiger partial charge in [-0.3, -0.25) is 0 Å². The maximum absolute atomic E-state index is 3.47. The zero-order valence-corrected chi connectivity index (χ0v) is 12.1.